The molecule has 0 bridgehead atoms. The topological polar surface area (TPSA) is 51.2 Å². The number of hydrogen-bond donors (Lipinski definition) is 1. The first-order valence-corrected chi connectivity index (χ1v) is 7.02. The van der Waals surface area contributed by atoms with Crippen LogP contribution in [0.1, 0.15) is 10.4 Å². The van der Waals surface area contributed by atoms with Crippen molar-refractivity contribution in [3.05, 3.63) is 50.7 Å². The summed E-state index contributed by atoms with van der Waals surface area (Å²) in [4.78, 5) is 16.2. The van der Waals surface area contributed by atoms with E-state index in [1.165, 1.54) is 19.4 Å². The van der Waals surface area contributed by atoms with Gasteiger partial charge in [0.2, 0.25) is 0 Å². The van der Waals surface area contributed by atoms with Crippen molar-refractivity contribution in [1.82, 2.24) is 4.98 Å². The number of halogens is 3. The van der Waals surface area contributed by atoms with Crippen molar-refractivity contribution in [3.63, 3.8) is 0 Å². The number of carbonyl (C=O) groups excluding carboxylic acids is 1. The highest BCUT2D eigenvalue weighted by Gasteiger charge is 2.15. The lowest BCUT2D eigenvalue weighted by Crippen LogP contribution is -2.13. The molecule has 0 fully saturated rings. The highest BCUT2D eigenvalue weighted by molar-refractivity contribution is 9.10. The second-order valence-electron chi connectivity index (χ2n) is 3.79. The molecule has 1 aromatic carbocycles. The van der Waals surface area contributed by atoms with Crippen LogP contribution in [0, 0.1) is 0 Å². The summed E-state index contributed by atoms with van der Waals surface area (Å²) < 4.78 is 5.84. The molecule has 2 rings (SSSR count). The number of rotatable bonds is 3. The van der Waals surface area contributed by atoms with Crippen LogP contribution >= 0.6 is 39.1 Å². The summed E-state index contributed by atoms with van der Waals surface area (Å²) in [5.41, 5.74) is 0.712. The second-order valence-corrected chi connectivity index (χ2v) is 5.50. The number of nitrogens with one attached hydrogen (secondary N) is 1. The molecule has 0 atom stereocenters. The van der Waals surface area contributed by atoms with Gasteiger partial charge in [-0.1, -0.05) is 23.2 Å². The number of hydrogen-bond acceptors (Lipinski definition) is 3. The van der Waals surface area contributed by atoms with Gasteiger partial charge in [-0.25, -0.2) is 4.98 Å². The Bertz CT molecular complexity index is 665. The lowest BCUT2D eigenvalue weighted by Gasteiger charge is -2.10. The molecule has 4 nitrogen and oxygen atoms in total. The minimum Gasteiger partial charge on any atom is -0.496 e. The van der Waals surface area contributed by atoms with Gasteiger partial charge in [-0.2, -0.15) is 0 Å². The Morgan fingerprint density at radius 2 is 2.10 bits per heavy atom. The Hall–Kier alpha value is -1.30. The number of aromatic nitrogens is 1. The minimum atomic E-state index is -0.383. The third kappa shape index (κ3) is 3.42. The maximum atomic E-state index is 12.3. The largest absolute Gasteiger partial charge is 0.496 e. The van der Waals surface area contributed by atoms with Gasteiger partial charge in [0.25, 0.3) is 5.91 Å². The summed E-state index contributed by atoms with van der Waals surface area (Å²) in [7, 11) is 1.48. The molecule has 0 aliphatic rings. The molecular formula is C13H9BrCl2N2O2. The van der Waals surface area contributed by atoms with Crippen LogP contribution < -0.4 is 10.1 Å². The zero-order chi connectivity index (χ0) is 14.7. The number of ether oxygens (including phenoxy) is 1. The average molecular weight is 376 g/mol. The molecule has 0 aliphatic heterocycles. The maximum absolute atomic E-state index is 12.3. The van der Waals surface area contributed by atoms with Gasteiger partial charge < -0.3 is 10.1 Å². The molecule has 0 saturated carbocycles. The van der Waals surface area contributed by atoms with Crippen LogP contribution in [-0.2, 0) is 0 Å². The van der Waals surface area contributed by atoms with E-state index in [1.54, 1.807) is 18.2 Å². The van der Waals surface area contributed by atoms with Crippen LogP contribution in [0.5, 0.6) is 5.75 Å². The van der Waals surface area contributed by atoms with Crippen LogP contribution in [0.2, 0.25) is 10.2 Å². The summed E-state index contributed by atoms with van der Waals surface area (Å²) in [6.45, 7) is 0. The van der Waals surface area contributed by atoms with Crippen LogP contribution in [0.4, 0.5) is 5.69 Å². The quantitative estimate of drug-likeness (QED) is 0.808. The number of nitrogens with zero attached hydrogens (tertiary/aromatic N) is 1. The highest BCUT2D eigenvalue weighted by atomic mass is 79.9. The fraction of sp³-hybridized carbons (Fsp3) is 0.0769. The number of pyridine rings is 1. The summed E-state index contributed by atoms with van der Waals surface area (Å²) >= 11 is 15.1. The number of anilines is 1. The molecule has 1 heterocycles. The van der Waals surface area contributed by atoms with E-state index in [0.29, 0.717) is 26.5 Å². The molecule has 20 heavy (non-hydrogen) atoms. The fourth-order valence-electron chi connectivity index (χ4n) is 1.56. The van der Waals surface area contributed by atoms with Crippen molar-refractivity contribution < 1.29 is 9.53 Å². The van der Waals surface area contributed by atoms with Gasteiger partial charge in [-0.05, 0) is 40.2 Å². The van der Waals surface area contributed by atoms with Crippen molar-refractivity contribution in [2.45, 2.75) is 0 Å². The fourth-order valence-corrected chi connectivity index (χ4v) is 2.21. The lowest BCUT2D eigenvalue weighted by atomic mass is 10.2. The molecule has 0 spiro atoms. The van der Waals surface area contributed by atoms with Gasteiger partial charge in [-0.3, -0.25) is 4.79 Å². The zero-order valence-corrected chi connectivity index (χ0v) is 13.4. The Morgan fingerprint density at radius 3 is 2.80 bits per heavy atom. The molecule has 0 radical (unpaired) electrons. The van der Waals surface area contributed by atoms with Gasteiger partial charge in [0.05, 0.1) is 18.4 Å². The number of amides is 1. The zero-order valence-electron chi connectivity index (χ0n) is 10.3. The van der Waals surface area contributed by atoms with E-state index < -0.39 is 0 Å². The first-order valence-electron chi connectivity index (χ1n) is 5.47. The Kier molecular flexibility index (Phi) is 4.86. The van der Waals surface area contributed by atoms with Gasteiger partial charge in [0.15, 0.2) is 5.15 Å². The molecule has 2 aromatic rings. The SMILES string of the molecule is COc1ccc(Cl)cc1C(=O)Nc1cc(Br)cnc1Cl. The Morgan fingerprint density at radius 1 is 1.35 bits per heavy atom. The van der Waals surface area contributed by atoms with E-state index in [-0.39, 0.29) is 11.1 Å². The van der Waals surface area contributed by atoms with Crippen LogP contribution in [0.15, 0.2) is 34.9 Å². The highest BCUT2D eigenvalue weighted by Crippen LogP contribution is 2.27. The van der Waals surface area contributed by atoms with E-state index in [4.69, 9.17) is 27.9 Å². The Balaban J connectivity index is 2.32. The second kappa shape index (κ2) is 6.43. The maximum Gasteiger partial charge on any atom is 0.259 e. The Labute approximate surface area is 134 Å². The normalized spacial score (nSPS) is 10.2. The summed E-state index contributed by atoms with van der Waals surface area (Å²) in [5, 5.41) is 3.30. The summed E-state index contributed by atoms with van der Waals surface area (Å²) in [6, 6.07) is 6.45. The van der Waals surface area contributed by atoms with Crippen molar-refractivity contribution in [1.29, 1.82) is 0 Å². The minimum absolute atomic E-state index is 0.197. The molecule has 0 saturated heterocycles. The summed E-state index contributed by atoms with van der Waals surface area (Å²) in [5.74, 6) is 0.0390. The molecule has 1 amide bonds. The van der Waals surface area contributed by atoms with E-state index in [0.717, 1.165) is 0 Å². The van der Waals surface area contributed by atoms with E-state index in [1.807, 2.05) is 0 Å². The first kappa shape index (κ1) is 15.1. The molecule has 0 unspecified atom stereocenters. The standard InChI is InChI=1S/C13H9BrCl2N2O2/c1-20-11-3-2-8(15)5-9(11)13(19)18-10-4-7(14)6-17-12(10)16/h2-6H,1H3,(H,18,19). The average Bonchev–Trinajstić information content (AvgIpc) is 2.42. The van der Waals surface area contributed by atoms with Crippen LogP contribution in [0.3, 0.4) is 0 Å². The predicted molar refractivity (Wildman–Crippen MR) is 82.9 cm³/mol. The van der Waals surface area contributed by atoms with Crippen molar-refractivity contribution in [2.24, 2.45) is 0 Å². The molecular weight excluding hydrogens is 367 g/mol. The third-order valence-electron chi connectivity index (χ3n) is 2.46. The number of benzene rings is 1. The van der Waals surface area contributed by atoms with Crippen LogP contribution in [-0.4, -0.2) is 18.0 Å². The van der Waals surface area contributed by atoms with E-state index >= 15 is 0 Å². The molecule has 104 valence electrons. The van der Waals surface area contributed by atoms with Crippen molar-refractivity contribution in [3.8, 4) is 5.75 Å². The van der Waals surface area contributed by atoms with Crippen LogP contribution in [0.25, 0.3) is 0 Å². The molecule has 1 N–H and O–H groups in total. The molecule has 0 aliphatic carbocycles. The third-order valence-corrected chi connectivity index (χ3v) is 3.43. The van der Waals surface area contributed by atoms with Gasteiger partial charge in [0, 0.05) is 15.7 Å². The molecule has 7 heteroatoms. The van der Waals surface area contributed by atoms with Gasteiger partial charge >= 0.3 is 0 Å². The number of methoxy groups -OCH3 is 1. The van der Waals surface area contributed by atoms with Crippen molar-refractivity contribution >= 4 is 50.7 Å². The monoisotopic (exact) mass is 374 g/mol. The van der Waals surface area contributed by atoms with Crippen molar-refractivity contribution in [2.75, 3.05) is 12.4 Å². The van der Waals surface area contributed by atoms with E-state index in [2.05, 4.69) is 26.2 Å². The first-order chi connectivity index (χ1) is 9.51. The smallest absolute Gasteiger partial charge is 0.259 e. The number of carbonyl (C=O) groups is 1. The van der Waals surface area contributed by atoms with E-state index in [9.17, 15) is 4.79 Å². The van der Waals surface area contributed by atoms with Gasteiger partial charge in [-0.15, -0.1) is 0 Å². The molecule has 1 aromatic heterocycles. The lowest BCUT2D eigenvalue weighted by molar-refractivity contribution is 0.102. The summed E-state index contributed by atoms with van der Waals surface area (Å²) in [6.07, 6.45) is 1.54. The van der Waals surface area contributed by atoms with Gasteiger partial charge in [0.1, 0.15) is 5.75 Å². The predicted octanol–water partition coefficient (Wildman–Crippen LogP) is 4.41.